The lowest BCUT2D eigenvalue weighted by Gasteiger charge is -2.09. The van der Waals surface area contributed by atoms with Crippen LogP contribution in [0.25, 0.3) is 0 Å². The maximum atomic E-state index is 12.2. The van der Waals surface area contributed by atoms with Crippen molar-refractivity contribution in [2.45, 2.75) is 43.8 Å². The predicted molar refractivity (Wildman–Crippen MR) is 98.1 cm³/mol. The zero-order valence-electron chi connectivity index (χ0n) is 13.3. The average Bonchev–Trinajstić information content (AvgIpc) is 3.33. The summed E-state index contributed by atoms with van der Waals surface area (Å²) in [4.78, 5) is 12.2. The Labute approximate surface area is 155 Å². The molecule has 0 radical (unpaired) electrons. The number of hydrogen-bond acceptors (Lipinski definition) is 4. The molecule has 128 valence electrons. The van der Waals surface area contributed by atoms with E-state index in [0.29, 0.717) is 21.7 Å². The Morgan fingerprint density at radius 1 is 1.38 bits per heavy atom. The van der Waals surface area contributed by atoms with Crippen molar-refractivity contribution in [1.82, 2.24) is 14.8 Å². The fourth-order valence-electron chi connectivity index (χ4n) is 2.40. The first-order valence-corrected chi connectivity index (χ1v) is 9.64. The molecule has 0 bridgehead atoms. The highest BCUT2D eigenvalue weighted by molar-refractivity contribution is 7.99. The van der Waals surface area contributed by atoms with Crippen LogP contribution in [0.1, 0.15) is 37.9 Å². The van der Waals surface area contributed by atoms with Gasteiger partial charge in [0.1, 0.15) is 5.82 Å². The summed E-state index contributed by atoms with van der Waals surface area (Å²) in [6.45, 7) is 3.00. The molecule has 5 nitrogen and oxygen atoms in total. The van der Waals surface area contributed by atoms with Gasteiger partial charge < -0.3 is 9.88 Å². The van der Waals surface area contributed by atoms with Crippen LogP contribution in [0.2, 0.25) is 10.0 Å². The molecule has 0 unspecified atom stereocenters. The fraction of sp³-hybridized carbons (Fsp3) is 0.438. The number of amides is 1. The van der Waals surface area contributed by atoms with Crippen molar-refractivity contribution in [3.05, 3.63) is 34.1 Å². The van der Waals surface area contributed by atoms with E-state index in [4.69, 9.17) is 23.2 Å². The van der Waals surface area contributed by atoms with Gasteiger partial charge in [-0.05, 0) is 31.4 Å². The molecule has 1 aromatic heterocycles. The molecule has 1 amide bonds. The van der Waals surface area contributed by atoms with E-state index >= 15 is 0 Å². The predicted octanol–water partition coefficient (Wildman–Crippen LogP) is 4.60. The molecule has 1 N–H and O–H groups in total. The quantitative estimate of drug-likeness (QED) is 0.708. The van der Waals surface area contributed by atoms with Crippen LogP contribution in [0, 0.1) is 0 Å². The van der Waals surface area contributed by atoms with Crippen LogP contribution in [0.5, 0.6) is 0 Å². The standard InChI is InChI=1S/C16H18Cl2N4OS/c1-2-8-22-15(10-6-7-10)20-21-16(22)24-9-13(23)19-12-5-3-4-11(17)14(12)18/h3-5,10H,2,6-9H2,1H3,(H,19,23). The van der Waals surface area contributed by atoms with E-state index in [2.05, 4.69) is 27.0 Å². The lowest BCUT2D eigenvalue weighted by molar-refractivity contribution is -0.113. The Hall–Kier alpha value is -1.24. The summed E-state index contributed by atoms with van der Waals surface area (Å²) < 4.78 is 2.14. The first kappa shape index (κ1) is 17.6. The van der Waals surface area contributed by atoms with Crippen LogP contribution in [0.4, 0.5) is 5.69 Å². The lowest BCUT2D eigenvalue weighted by atomic mass is 10.3. The Kier molecular flexibility index (Phi) is 5.69. The minimum absolute atomic E-state index is 0.150. The van der Waals surface area contributed by atoms with E-state index in [-0.39, 0.29) is 11.7 Å². The molecule has 2 aromatic rings. The van der Waals surface area contributed by atoms with Gasteiger partial charge in [0.2, 0.25) is 5.91 Å². The molecule has 0 spiro atoms. The monoisotopic (exact) mass is 384 g/mol. The summed E-state index contributed by atoms with van der Waals surface area (Å²) in [6.07, 6.45) is 3.37. The maximum absolute atomic E-state index is 12.2. The molecule has 1 aliphatic rings. The molecule has 24 heavy (non-hydrogen) atoms. The van der Waals surface area contributed by atoms with Crippen molar-refractivity contribution in [3.8, 4) is 0 Å². The van der Waals surface area contributed by atoms with Crippen molar-refractivity contribution < 1.29 is 4.79 Å². The van der Waals surface area contributed by atoms with E-state index in [1.54, 1.807) is 18.2 Å². The van der Waals surface area contributed by atoms with Crippen molar-refractivity contribution in [3.63, 3.8) is 0 Å². The number of carbonyl (C=O) groups is 1. The Balaban J connectivity index is 1.63. The molecule has 1 heterocycles. The van der Waals surface area contributed by atoms with Crippen LogP contribution in [-0.2, 0) is 11.3 Å². The number of halogens is 2. The largest absolute Gasteiger partial charge is 0.324 e. The highest BCUT2D eigenvalue weighted by atomic mass is 35.5. The number of hydrogen-bond donors (Lipinski definition) is 1. The van der Waals surface area contributed by atoms with Crippen LogP contribution < -0.4 is 5.32 Å². The summed E-state index contributed by atoms with van der Waals surface area (Å²) >= 11 is 13.4. The number of carbonyl (C=O) groups excluding carboxylic acids is 1. The highest BCUT2D eigenvalue weighted by Gasteiger charge is 2.30. The van der Waals surface area contributed by atoms with Gasteiger partial charge in [-0.25, -0.2) is 0 Å². The number of anilines is 1. The molecule has 1 fully saturated rings. The third kappa shape index (κ3) is 4.05. The number of benzene rings is 1. The molecule has 1 saturated carbocycles. The third-order valence-corrected chi connectivity index (χ3v) is 5.48. The highest BCUT2D eigenvalue weighted by Crippen LogP contribution is 2.40. The Morgan fingerprint density at radius 3 is 2.88 bits per heavy atom. The van der Waals surface area contributed by atoms with E-state index in [1.807, 2.05) is 0 Å². The van der Waals surface area contributed by atoms with Crippen molar-refractivity contribution >= 4 is 46.6 Å². The number of nitrogens with zero attached hydrogens (tertiary/aromatic N) is 3. The Morgan fingerprint density at radius 2 is 2.17 bits per heavy atom. The maximum Gasteiger partial charge on any atom is 0.234 e. The van der Waals surface area contributed by atoms with Gasteiger partial charge in [0, 0.05) is 12.5 Å². The summed E-state index contributed by atoms with van der Waals surface area (Å²) in [7, 11) is 0. The van der Waals surface area contributed by atoms with Crippen molar-refractivity contribution in [2.75, 3.05) is 11.1 Å². The molecule has 3 rings (SSSR count). The lowest BCUT2D eigenvalue weighted by Crippen LogP contribution is -2.15. The van der Waals surface area contributed by atoms with Gasteiger partial charge in [0.05, 0.1) is 21.5 Å². The first-order chi connectivity index (χ1) is 11.6. The molecule has 0 atom stereocenters. The third-order valence-electron chi connectivity index (χ3n) is 3.69. The van der Waals surface area contributed by atoms with Gasteiger partial charge in [-0.2, -0.15) is 0 Å². The zero-order chi connectivity index (χ0) is 17.1. The number of rotatable bonds is 7. The molecule has 1 aliphatic carbocycles. The van der Waals surface area contributed by atoms with Crippen LogP contribution in [-0.4, -0.2) is 26.4 Å². The number of thioether (sulfide) groups is 1. The topological polar surface area (TPSA) is 59.8 Å². The molecular formula is C16H18Cl2N4OS. The second-order valence-electron chi connectivity index (χ2n) is 5.70. The molecule has 1 aromatic carbocycles. The second-order valence-corrected chi connectivity index (χ2v) is 7.43. The molecular weight excluding hydrogens is 367 g/mol. The summed E-state index contributed by atoms with van der Waals surface area (Å²) in [5, 5.41) is 12.9. The van der Waals surface area contributed by atoms with Crippen molar-refractivity contribution in [2.24, 2.45) is 0 Å². The van der Waals surface area contributed by atoms with Gasteiger partial charge in [-0.15, -0.1) is 10.2 Å². The van der Waals surface area contributed by atoms with E-state index < -0.39 is 0 Å². The number of aromatic nitrogens is 3. The van der Waals surface area contributed by atoms with Crippen LogP contribution in [0.3, 0.4) is 0 Å². The second kappa shape index (κ2) is 7.76. The van der Waals surface area contributed by atoms with Crippen LogP contribution in [0.15, 0.2) is 23.4 Å². The normalized spacial score (nSPS) is 14.0. The van der Waals surface area contributed by atoms with Gasteiger partial charge in [-0.3, -0.25) is 4.79 Å². The van der Waals surface area contributed by atoms with Crippen LogP contribution >= 0.6 is 35.0 Å². The molecule has 8 heteroatoms. The summed E-state index contributed by atoms with van der Waals surface area (Å²) in [5.41, 5.74) is 0.517. The summed E-state index contributed by atoms with van der Waals surface area (Å²) in [6, 6.07) is 5.15. The van der Waals surface area contributed by atoms with Gasteiger partial charge >= 0.3 is 0 Å². The van der Waals surface area contributed by atoms with E-state index in [9.17, 15) is 4.79 Å². The smallest absolute Gasteiger partial charge is 0.234 e. The average molecular weight is 385 g/mol. The van der Waals surface area contributed by atoms with Gasteiger partial charge in [0.15, 0.2) is 5.16 Å². The van der Waals surface area contributed by atoms with E-state index in [1.165, 1.54) is 24.6 Å². The summed E-state index contributed by atoms with van der Waals surface area (Å²) in [5.74, 6) is 1.69. The zero-order valence-corrected chi connectivity index (χ0v) is 15.6. The fourth-order valence-corrected chi connectivity index (χ4v) is 3.52. The Bertz CT molecular complexity index is 746. The van der Waals surface area contributed by atoms with Gasteiger partial charge in [-0.1, -0.05) is 48.0 Å². The van der Waals surface area contributed by atoms with E-state index in [0.717, 1.165) is 23.9 Å². The van der Waals surface area contributed by atoms with Crippen molar-refractivity contribution in [1.29, 1.82) is 0 Å². The minimum atomic E-state index is -0.150. The SMILES string of the molecule is CCCn1c(SCC(=O)Nc2cccc(Cl)c2Cl)nnc1C1CC1. The first-order valence-electron chi connectivity index (χ1n) is 7.90. The number of nitrogens with one attached hydrogen (secondary N) is 1. The molecule has 0 aliphatic heterocycles. The van der Waals surface area contributed by atoms with Gasteiger partial charge in [0.25, 0.3) is 0 Å². The molecule has 0 saturated heterocycles. The minimum Gasteiger partial charge on any atom is -0.324 e.